The first-order valence-corrected chi connectivity index (χ1v) is 6.97. The van der Waals surface area contributed by atoms with Crippen LogP contribution in [0.4, 0.5) is 5.69 Å². The molecular weight excluding hydrogens is 270 g/mol. The number of nitro benzene ring substituents is 1. The van der Waals surface area contributed by atoms with Crippen molar-refractivity contribution in [2.45, 2.75) is 25.1 Å². The molecule has 0 unspecified atom stereocenters. The molecule has 8 heteroatoms. The largest absolute Gasteiger partial charge is 0.269 e. The van der Waals surface area contributed by atoms with E-state index in [-0.39, 0.29) is 11.3 Å². The molecule has 1 aromatic rings. The number of nitrogens with zero attached hydrogens (tertiary/aromatic N) is 2. The van der Waals surface area contributed by atoms with Crippen molar-refractivity contribution in [1.82, 2.24) is 4.72 Å². The van der Waals surface area contributed by atoms with Gasteiger partial charge in [0.1, 0.15) is 5.54 Å². The van der Waals surface area contributed by atoms with Gasteiger partial charge in [0, 0.05) is 12.1 Å². The Hall–Kier alpha value is -1.98. The van der Waals surface area contributed by atoms with E-state index in [1.165, 1.54) is 38.1 Å². The number of hydrogen-bond donors (Lipinski definition) is 1. The minimum absolute atomic E-state index is 0.174. The highest BCUT2D eigenvalue weighted by Crippen LogP contribution is 2.15. The minimum Gasteiger partial charge on any atom is -0.258 e. The summed E-state index contributed by atoms with van der Waals surface area (Å²) in [7, 11) is -3.74. The van der Waals surface area contributed by atoms with Crippen LogP contribution in [0.5, 0.6) is 0 Å². The molecule has 0 fully saturated rings. The number of rotatable bonds is 5. The van der Waals surface area contributed by atoms with Crippen LogP contribution in [-0.2, 0) is 15.8 Å². The zero-order valence-corrected chi connectivity index (χ0v) is 11.3. The molecule has 0 aliphatic rings. The van der Waals surface area contributed by atoms with Gasteiger partial charge >= 0.3 is 0 Å². The summed E-state index contributed by atoms with van der Waals surface area (Å²) in [6.07, 6.45) is 0. The van der Waals surface area contributed by atoms with Crippen LogP contribution in [0.25, 0.3) is 0 Å². The summed E-state index contributed by atoms with van der Waals surface area (Å²) in [6.45, 7) is 2.86. The van der Waals surface area contributed by atoms with E-state index >= 15 is 0 Å². The molecule has 1 N–H and O–H groups in total. The van der Waals surface area contributed by atoms with Crippen molar-refractivity contribution >= 4 is 15.7 Å². The lowest BCUT2D eigenvalue weighted by molar-refractivity contribution is -0.384. The van der Waals surface area contributed by atoms with Crippen molar-refractivity contribution in [2.24, 2.45) is 0 Å². The van der Waals surface area contributed by atoms with Crippen molar-refractivity contribution in [3.05, 3.63) is 39.9 Å². The molecule has 0 spiro atoms. The molecule has 0 saturated carbocycles. The average molecular weight is 283 g/mol. The highest BCUT2D eigenvalue weighted by atomic mass is 32.2. The first-order chi connectivity index (χ1) is 8.65. The Balaban J connectivity index is 2.94. The third-order valence-electron chi connectivity index (χ3n) is 2.17. The quantitative estimate of drug-likeness (QED) is 0.646. The summed E-state index contributed by atoms with van der Waals surface area (Å²) in [5, 5.41) is 19.4. The van der Waals surface area contributed by atoms with Gasteiger partial charge in [0.2, 0.25) is 10.0 Å². The van der Waals surface area contributed by atoms with Crippen LogP contribution in [0.15, 0.2) is 24.3 Å². The maximum atomic E-state index is 11.8. The molecule has 0 amide bonds. The summed E-state index contributed by atoms with van der Waals surface area (Å²) in [6, 6.07) is 7.18. The molecule has 0 heterocycles. The Bertz CT molecular complexity index is 632. The topological polar surface area (TPSA) is 113 Å². The zero-order valence-electron chi connectivity index (χ0n) is 10.5. The zero-order chi connectivity index (χ0) is 14.7. The van der Waals surface area contributed by atoms with E-state index in [4.69, 9.17) is 5.26 Å². The lowest BCUT2D eigenvalue weighted by atomic mass is 10.1. The van der Waals surface area contributed by atoms with Gasteiger partial charge in [0.05, 0.1) is 16.7 Å². The summed E-state index contributed by atoms with van der Waals surface area (Å²) in [4.78, 5) is 10.00. The van der Waals surface area contributed by atoms with E-state index in [0.29, 0.717) is 0 Å². The fourth-order valence-corrected chi connectivity index (χ4v) is 2.94. The Morgan fingerprint density at radius 1 is 1.47 bits per heavy atom. The Labute approximate surface area is 111 Å². The highest BCUT2D eigenvalue weighted by Gasteiger charge is 2.24. The van der Waals surface area contributed by atoms with Crippen LogP contribution >= 0.6 is 0 Å². The summed E-state index contributed by atoms with van der Waals surface area (Å²) in [5.41, 5.74) is -1.11. The minimum atomic E-state index is -3.74. The van der Waals surface area contributed by atoms with E-state index in [1.807, 2.05) is 6.07 Å². The summed E-state index contributed by atoms with van der Waals surface area (Å²) < 4.78 is 25.9. The van der Waals surface area contributed by atoms with Crippen LogP contribution in [0.3, 0.4) is 0 Å². The lowest BCUT2D eigenvalue weighted by Crippen LogP contribution is -2.42. The molecule has 19 heavy (non-hydrogen) atoms. The maximum absolute atomic E-state index is 11.8. The Morgan fingerprint density at radius 3 is 2.63 bits per heavy atom. The van der Waals surface area contributed by atoms with E-state index in [2.05, 4.69) is 4.72 Å². The normalized spacial score (nSPS) is 11.8. The van der Waals surface area contributed by atoms with Gasteiger partial charge in [-0.1, -0.05) is 12.1 Å². The Morgan fingerprint density at radius 2 is 2.11 bits per heavy atom. The average Bonchev–Trinajstić information content (AvgIpc) is 2.27. The highest BCUT2D eigenvalue weighted by molar-refractivity contribution is 7.88. The predicted molar refractivity (Wildman–Crippen MR) is 68.5 cm³/mol. The molecule has 1 aromatic carbocycles. The number of nitrogens with one attached hydrogen (secondary N) is 1. The van der Waals surface area contributed by atoms with Crippen LogP contribution in [-0.4, -0.2) is 18.9 Å². The molecule has 0 aliphatic carbocycles. The van der Waals surface area contributed by atoms with E-state index in [9.17, 15) is 18.5 Å². The molecule has 0 atom stereocenters. The van der Waals surface area contributed by atoms with Crippen LogP contribution in [0, 0.1) is 21.4 Å². The lowest BCUT2D eigenvalue weighted by Gasteiger charge is -2.17. The van der Waals surface area contributed by atoms with Crippen molar-refractivity contribution in [3.63, 3.8) is 0 Å². The van der Waals surface area contributed by atoms with Crippen molar-refractivity contribution in [1.29, 1.82) is 5.26 Å². The maximum Gasteiger partial charge on any atom is 0.269 e. The van der Waals surface area contributed by atoms with Crippen molar-refractivity contribution < 1.29 is 13.3 Å². The standard InChI is InChI=1S/C11H13N3O4S/c1-11(2,8-12)13-19(17,18)7-9-4-3-5-10(6-9)14(15)16/h3-6,13H,7H2,1-2H3. The molecule has 0 radical (unpaired) electrons. The first-order valence-electron chi connectivity index (χ1n) is 5.31. The number of nitro groups is 1. The van der Waals surface area contributed by atoms with E-state index in [1.54, 1.807) is 0 Å². The molecule has 102 valence electrons. The predicted octanol–water partition coefficient (Wildman–Crippen LogP) is 1.32. The van der Waals surface area contributed by atoms with Gasteiger partial charge < -0.3 is 0 Å². The van der Waals surface area contributed by atoms with E-state index in [0.717, 1.165) is 0 Å². The smallest absolute Gasteiger partial charge is 0.258 e. The summed E-state index contributed by atoms with van der Waals surface area (Å²) >= 11 is 0. The number of sulfonamides is 1. The second kappa shape index (κ2) is 5.34. The van der Waals surface area contributed by atoms with Crippen molar-refractivity contribution in [3.8, 4) is 6.07 Å². The molecule has 1 rings (SSSR count). The third kappa shape index (κ3) is 4.65. The first kappa shape index (κ1) is 15.1. The SMILES string of the molecule is CC(C)(C#N)NS(=O)(=O)Cc1cccc([N+](=O)[O-])c1. The molecule has 0 aliphatic heterocycles. The second-order valence-electron chi connectivity index (χ2n) is 4.52. The molecule has 0 bridgehead atoms. The van der Waals surface area contributed by atoms with Gasteiger partial charge in [-0.2, -0.15) is 9.98 Å². The Kier molecular flexibility index (Phi) is 4.24. The van der Waals surface area contributed by atoms with Gasteiger partial charge in [-0.25, -0.2) is 8.42 Å². The number of nitriles is 1. The molecule has 0 aromatic heterocycles. The monoisotopic (exact) mass is 283 g/mol. The van der Waals surface area contributed by atoms with Gasteiger partial charge in [-0.05, 0) is 19.4 Å². The fraction of sp³-hybridized carbons (Fsp3) is 0.364. The number of hydrogen-bond acceptors (Lipinski definition) is 5. The molecule has 7 nitrogen and oxygen atoms in total. The fourth-order valence-electron chi connectivity index (χ4n) is 1.43. The van der Waals surface area contributed by atoms with Crippen LogP contribution in [0.1, 0.15) is 19.4 Å². The van der Waals surface area contributed by atoms with Gasteiger partial charge in [-0.15, -0.1) is 0 Å². The molecular formula is C11H13N3O4S. The molecule has 0 saturated heterocycles. The van der Waals surface area contributed by atoms with Gasteiger partial charge in [0.15, 0.2) is 0 Å². The van der Waals surface area contributed by atoms with E-state index < -0.39 is 26.2 Å². The summed E-state index contributed by atoms with van der Waals surface area (Å²) in [5.74, 6) is -0.417. The van der Waals surface area contributed by atoms with Crippen LogP contribution in [0.2, 0.25) is 0 Å². The number of benzene rings is 1. The number of non-ortho nitro benzene ring substituents is 1. The van der Waals surface area contributed by atoms with Crippen LogP contribution < -0.4 is 4.72 Å². The van der Waals surface area contributed by atoms with Crippen molar-refractivity contribution in [2.75, 3.05) is 0 Å². The third-order valence-corrected chi connectivity index (χ3v) is 3.70. The van der Waals surface area contributed by atoms with Gasteiger partial charge in [0.25, 0.3) is 5.69 Å². The second-order valence-corrected chi connectivity index (χ2v) is 6.25. The van der Waals surface area contributed by atoms with Gasteiger partial charge in [-0.3, -0.25) is 10.1 Å².